The van der Waals surface area contributed by atoms with Crippen molar-refractivity contribution in [3.8, 4) is 0 Å². The maximum Gasteiger partial charge on any atom is 0.330 e. The summed E-state index contributed by atoms with van der Waals surface area (Å²) >= 11 is 0. The van der Waals surface area contributed by atoms with Crippen LogP contribution in [0.5, 0.6) is 0 Å². The van der Waals surface area contributed by atoms with Crippen LogP contribution in [0.2, 0.25) is 0 Å². The number of carbonyl (C=O) groups is 1. The average Bonchev–Trinajstić information content (AvgIpc) is 3.17. The molecule has 1 heterocycles. The Kier molecular flexibility index (Phi) is 4.11. The van der Waals surface area contributed by atoms with Gasteiger partial charge in [-0.05, 0) is 19.8 Å². The number of H-pyrrole nitrogens is 1. The fourth-order valence-electron chi connectivity index (χ4n) is 1.90. The van der Waals surface area contributed by atoms with E-state index in [1.807, 2.05) is 0 Å². The van der Waals surface area contributed by atoms with E-state index in [9.17, 15) is 14.4 Å². The van der Waals surface area contributed by atoms with Crippen LogP contribution in [0.15, 0.2) is 9.59 Å². The number of amides is 1. The highest BCUT2D eigenvalue weighted by Gasteiger charge is 2.22. The molecule has 20 heavy (non-hydrogen) atoms. The number of nitrogen functional groups attached to an aromatic ring is 1. The minimum absolute atomic E-state index is 0.0567. The standard InChI is InChI=1S/C12H19N5O3/c1-2-17-10(13)9(11(19)16-12(17)20)14-6-5-8(18)15-7-3-4-7/h7,14H,2-6,13H2,1H3,(H,15,18)(H,16,19,20). The van der Waals surface area contributed by atoms with Crippen molar-refractivity contribution < 1.29 is 4.79 Å². The lowest BCUT2D eigenvalue weighted by Crippen LogP contribution is -2.34. The third kappa shape index (κ3) is 3.19. The fourth-order valence-corrected chi connectivity index (χ4v) is 1.90. The second-order valence-corrected chi connectivity index (χ2v) is 4.78. The molecule has 0 spiro atoms. The minimum atomic E-state index is -0.570. The molecule has 1 aliphatic carbocycles. The largest absolute Gasteiger partial charge is 0.383 e. The number of hydrogen-bond acceptors (Lipinski definition) is 5. The molecular formula is C12H19N5O3. The lowest BCUT2D eigenvalue weighted by molar-refractivity contribution is -0.120. The van der Waals surface area contributed by atoms with Crippen LogP contribution in [-0.4, -0.2) is 28.0 Å². The maximum atomic E-state index is 11.7. The summed E-state index contributed by atoms with van der Waals surface area (Å²) in [7, 11) is 0. The van der Waals surface area contributed by atoms with Crippen LogP contribution < -0.4 is 27.6 Å². The second kappa shape index (κ2) is 5.81. The zero-order chi connectivity index (χ0) is 14.7. The van der Waals surface area contributed by atoms with Gasteiger partial charge in [0, 0.05) is 25.6 Å². The third-order valence-corrected chi connectivity index (χ3v) is 3.15. The van der Waals surface area contributed by atoms with Gasteiger partial charge in [-0.3, -0.25) is 19.1 Å². The molecule has 0 saturated heterocycles. The molecule has 1 aromatic heterocycles. The van der Waals surface area contributed by atoms with Crippen molar-refractivity contribution in [3.05, 3.63) is 20.8 Å². The zero-order valence-electron chi connectivity index (χ0n) is 11.4. The Morgan fingerprint density at radius 1 is 1.45 bits per heavy atom. The van der Waals surface area contributed by atoms with Crippen LogP contribution in [0.3, 0.4) is 0 Å². The summed E-state index contributed by atoms with van der Waals surface area (Å²) in [6.07, 6.45) is 2.32. The van der Waals surface area contributed by atoms with E-state index >= 15 is 0 Å². The highest BCUT2D eigenvalue weighted by Crippen LogP contribution is 2.18. The van der Waals surface area contributed by atoms with Crippen LogP contribution in [0.1, 0.15) is 26.2 Å². The van der Waals surface area contributed by atoms with Crippen molar-refractivity contribution in [2.24, 2.45) is 0 Å². The average molecular weight is 281 g/mol. The first-order valence-electron chi connectivity index (χ1n) is 6.68. The van der Waals surface area contributed by atoms with Crippen molar-refractivity contribution >= 4 is 17.4 Å². The highest BCUT2D eigenvalue weighted by atomic mass is 16.2. The van der Waals surface area contributed by atoms with E-state index in [0.29, 0.717) is 12.6 Å². The Morgan fingerprint density at radius 3 is 2.75 bits per heavy atom. The summed E-state index contributed by atoms with van der Waals surface area (Å²) in [4.78, 5) is 36.9. The number of carbonyl (C=O) groups excluding carboxylic acids is 1. The number of nitrogens with two attached hydrogens (primary N) is 1. The number of rotatable bonds is 6. The van der Waals surface area contributed by atoms with Crippen LogP contribution in [0, 0.1) is 0 Å². The van der Waals surface area contributed by atoms with Crippen molar-refractivity contribution in [1.29, 1.82) is 0 Å². The van der Waals surface area contributed by atoms with E-state index in [0.717, 1.165) is 12.8 Å². The quantitative estimate of drug-likeness (QED) is 0.545. The van der Waals surface area contributed by atoms with Crippen LogP contribution >= 0.6 is 0 Å². The first-order chi connectivity index (χ1) is 9.52. The van der Waals surface area contributed by atoms with Gasteiger partial charge in [0.25, 0.3) is 5.56 Å². The molecule has 8 nitrogen and oxygen atoms in total. The smallest absolute Gasteiger partial charge is 0.330 e. The molecular weight excluding hydrogens is 262 g/mol. The van der Waals surface area contributed by atoms with Gasteiger partial charge in [0.1, 0.15) is 11.5 Å². The number of aromatic amines is 1. The van der Waals surface area contributed by atoms with Gasteiger partial charge in [-0.2, -0.15) is 0 Å². The van der Waals surface area contributed by atoms with Gasteiger partial charge in [0.05, 0.1) is 0 Å². The molecule has 1 saturated carbocycles. The first kappa shape index (κ1) is 14.2. The summed E-state index contributed by atoms with van der Waals surface area (Å²) in [5, 5.41) is 5.67. The Balaban J connectivity index is 2.00. The highest BCUT2D eigenvalue weighted by molar-refractivity contribution is 5.77. The van der Waals surface area contributed by atoms with Gasteiger partial charge in [-0.25, -0.2) is 4.79 Å². The summed E-state index contributed by atoms with van der Waals surface area (Å²) in [5.74, 6) is 0.0302. The Morgan fingerprint density at radius 2 is 2.15 bits per heavy atom. The van der Waals surface area contributed by atoms with Crippen molar-refractivity contribution in [2.75, 3.05) is 17.6 Å². The van der Waals surface area contributed by atoms with Crippen LogP contribution in [0.4, 0.5) is 11.5 Å². The molecule has 8 heteroatoms. The fraction of sp³-hybridized carbons (Fsp3) is 0.583. The number of nitrogens with one attached hydrogen (secondary N) is 3. The Hall–Kier alpha value is -2.25. The molecule has 1 amide bonds. The number of aromatic nitrogens is 2. The minimum Gasteiger partial charge on any atom is -0.383 e. The van der Waals surface area contributed by atoms with E-state index in [1.54, 1.807) is 6.92 Å². The Labute approximate surface area is 115 Å². The summed E-state index contributed by atoms with van der Waals surface area (Å²) in [6, 6.07) is 0.318. The molecule has 0 radical (unpaired) electrons. The van der Waals surface area contributed by atoms with E-state index in [-0.39, 0.29) is 30.4 Å². The van der Waals surface area contributed by atoms with Crippen LogP contribution in [0.25, 0.3) is 0 Å². The zero-order valence-corrected chi connectivity index (χ0v) is 11.4. The first-order valence-corrected chi connectivity index (χ1v) is 6.68. The van der Waals surface area contributed by atoms with Gasteiger partial charge in [-0.15, -0.1) is 0 Å². The number of nitrogens with zero attached hydrogens (tertiary/aromatic N) is 1. The lowest BCUT2D eigenvalue weighted by atomic mass is 10.3. The molecule has 0 bridgehead atoms. The monoisotopic (exact) mass is 281 g/mol. The number of hydrogen-bond donors (Lipinski definition) is 4. The Bertz CT molecular complexity index is 614. The van der Waals surface area contributed by atoms with Gasteiger partial charge >= 0.3 is 5.69 Å². The topological polar surface area (TPSA) is 122 Å². The summed E-state index contributed by atoms with van der Waals surface area (Å²) in [6.45, 7) is 2.40. The summed E-state index contributed by atoms with van der Waals surface area (Å²) < 4.78 is 1.26. The molecule has 0 aromatic carbocycles. The predicted octanol–water partition coefficient (Wildman–Crippen LogP) is -0.781. The van der Waals surface area contributed by atoms with Crippen molar-refractivity contribution in [1.82, 2.24) is 14.9 Å². The molecule has 1 aliphatic rings. The predicted molar refractivity (Wildman–Crippen MR) is 75.7 cm³/mol. The van der Waals surface area contributed by atoms with Crippen molar-refractivity contribution in [2.45, 2.75) is 38.8 Å². The molecule has 0 aliphatic heterocycles. The van der Waals surface area contributed by atoms with Crippen LogP contribution in [-0.2, 0) is 11.3 Å². The maximum absolute atomic E-state index is 11.7. The molecule has 1 fully saturated rings. The molecule has 1 aromatic rings. The molecule has 110 valence electrons. The van der Waals surface area contributed by atoms with E-state index < -0.39 is 11.2 Å². The molecule has 0 unspecified atom stereocenters. The van der Waals surface area contributed by atoms with Gasteiger partial charge in [0.15, 0.2) is 0 Å². The van der Waals surface area contributed by atoms with Gasteiger partial charge < -0.3 is 16.4 Å². The van der Waals surface area contributed by atoms with Gasteiger partial charge in [0.2, 0.25) is 5.91 Å². The van der Waals surface area contributed by atoms with E-state index in [1.165, 1.54) is 4.57 Å². The number of anilines is 2. The normalized spacial score (nSPS) is 14.1. The summed E-state index contributed by atoms with van der Waals surface area (Å²) in [5.41, 5.74) is 4.81. The lowest BCUT2D eigenvalue weighted by Gasteiger charge is -2.12. The van der Waals surface area contributed by atoms with E-state index in [2.05, 4.69) is 15.6 Å². The second-order valence-electron chi connectivity index (χ2n) is 4.78. The van der Waals surface area contributed by atoms with E-state index in [4.69, 9.17) is 5.73 Å². The molecule has 5 N–H and O–H groups in total. The van der Waals surface area contributed by atoms with Gasteiger partial charge in [-0.1, -0.05) is 0 Å². The van der Waals surface area contributed by atoms with Crippen molar-refractivity contribution in [3.63, 3.8) is 0 Å². The molecule has 0 atom stereocenters. The SMILES string of the molecule is CCn1c(N)c(NCCC(=O)NC2CC2)c(=O)[nH]c1=O. The molecule has 2 rings (SSSR count). The third-order valence-electron chi connectivity index (χ3n) is 3.15.